The van der Waals surface area contributed by atoms with Crippen molar-refractivity contribution in [1.29, 1.82) is 0 Å². The van der Waals surface area contributed by atoms with Gasteiger partial charge >= 0.3 is 0 Å². The Morgan fingerprint density at radius 2 is 2.00 bits per heavy atom. The van der Waals surface area contributed by atoms with Gasteiger partial charge in [-0.15, -0.1) is 0 Å². The highest BCUT2D eigenvalue weighted by atomic mass is 35.5. The summed E-state index contributed by atoms with van der Waals surface area (Å²) in [6.07, 6.45) is 2.03. The summed E-state index contributed by atoms with van der Waals surface area (Å²) in [6, 6.07) is 8.62. The second-order valence-electron chi connectivity index (χ2n) is 4.62. The van der Waals surface area contributed by atoms with Gasteiger partial charge in [-0.2, -0.15) is 4.98 Å². The summed E-state index contributed by atoms with van der Waals surface area (Å²) < 4.78 is 0. The van der Waals surface area contributed by atoms with Gasteiger partial charge in [0.2, 0.25) is 5.28 Å². The Morgan fingerprint density at radius 1 is 1.27 bits per heavy atom. The van der Waals surface area contributed by atoms with Crippen LogP contribution in [0.15, 0.2) is 36.5 Å². The molecule has 1 aromatic carbocycles. The van der Waals surface area contributed by atoms with Gasteiger partial charge in [-0.3, -0.25) is 4.79 Å². The number of carbonyl (C=O) groups excluding carboxylic acids is 1. The number of ketones is 1. The molecule has 0 aliphatic heterocycles. The van der Waals surface area contributed by atoms with Crippen molar-refractivity contribution in [3.05, 3.63) is 52.4 Å². The average molecular weight is 340 g/mol. The third kappa shape index (κ3) is 4.40. The maximum Gasteiger partial charge on any atom is 0.224 e. The monoisotopic (exact) mass is 339 g/mol. The number of rotatable bonds is 7. The van der Waals surface area contributed by atoms with E-state index in [1.165, 1.54) is 6.20 Å². The highest BCUT2D eigenvalue weighted by molar-refractivity contribution is 6.33. The van der Waals surface area contributed by atoms with E-state index in [9.17, 15) is 4.79 Å². The van der Waals surface area contributed by atoms with Gasteiger partial charge in [0.15, 0.2) is 11.6 Å². The SMILES string of the molecule is O=C(CCCO)[C@@H](Nc1nc(Cl)ncc1Cl)c1ccccc1. The molecule has 0 saturated carbocycles. The molecule has 7 heteroatoms. The molecule has 0 amide bonds. The molecule has 1 aromatic heterocycles. The maximum absolute atomic E-state index is 12.4. The van der Waals surface area contributed by atoms with Crippen LogP contribution in [0.25, 0.3) is 0 Å². The van der Waals surface area contributed by atoms with Crippen molar-refractivity contribution in [3.8, 4) is 0 Å². The standard InChI is InChI=1S/C15H15Cl2N3O2/c16-11-9-18-15(17)20-14(11)19-13(12(22)7-4-8-21)10-5-2-1-3-6-10/h1-3,5-6,9,13,21H,4,7-8H2,(H,18,19,20)/t13-/m0/s1. The topological polar surface area (TPSA) is 75.1 Å². The van der Waals surface area contributed by atoms with E-state index in [2.05, 4.69) is 15.3 Å². The molecule has 0 bridgehead atoms. The van der Waals surface area contributed by atoms with Gasteiger partial charge in [0, 0.05) is 13.0 Å². The smallest absolute Gasteiger partial charge is 0.224 e. The van der Waals surface area contributed by atoms with E-state index in [1.807, 2.05) is 30.3 Å². The number of carbonyl (C=O) groups is 1. The largest absolute Gasteiger partial charge is 0.396 e. The first-order valence-corrected chi connectivity index (χ1v) is 7.50. The van der Waals surface area contributed by atoms with Crippen LogP contribution in [0.5, 0.6) is 0 Å². The number of nitrogens with zero attached hydrogens (tertiary/aromatic N) is 2. The molecule has 2 N–H and O–H groups in total. The van der Waals surface area contributed by atoms with Gasteiger partial charge in [0.25, 0.3) is 0 Å². The minimum Gasteiger partial charge on any atom is -0.396 e. The maximum atomic E-state index is 12.4. The first kappa shape index (κ1) is 16.7. The molecule has 0 fully saturated rings. The molecule has 0 aliphatic carbocycles. The quantitative estimate of drug-likeness (QED) is 0.757. The van der Waals surface area contributed by atoms with Gasteiger partial charge in [-0.25, -0.2) is 4.98 Å². The number of benzene rings is 1. The second kappa shape index (κ2) is 8.08. The van der Waals surface area contributed by atoms with Gasteiger partial charge < -0.3 is 10.4 Å². The Bertz CT molecular complexity index is 638. The number of hydrogen-bond donors (Lipinski definition) is 2. The molecule has 0 aliphatic rings. The highest BCUT2D eigenvalue weighted by Gasteiger charge is 2.21. The third-order valence-electron chi connectivity index (χ3n) is 3.03. The van der Waals surface area contributed by atoms with E-state index in [-0.39, 0.29) is 29.1 Å². The van der Waals surface area contributed by atoms with Crippen molar-refractivity contribution >= 4 is 34.8 Å². The molecule has 22 heavy (non-hydrogen) atoms. The van der Waals surface area contributed by atoms with Crippen molar-refractivity contribution in [2.24, 2.45) is 0 Å². The van der Waals surface area contributed by atoms with Crippen LogP contribution in [0.3, 0.4) is 0 Å². The number of aromatic nitrogens is 2. The number of aliphatic hydroxyl groups excluding tert-OH is 1. The van der Waals surface area contributed by atoms with Gasteiger partial charge in [-0.1, -0.05) is 41.9 Å². The lowest BCUT2D eigenvalue weighted by Gasteiger charge is -2.19. The minimum atomic E-state index is -0.615. The predicted molar refractivity (Wildman–Crippen MR) is 86.2 cm³/mol. The summed E-state index contributed by atoms with van der Waals surface area (Å²) in [5, 5.41) is 12.2. The van der Waals surface area contributed by atoms with Crippen LogP contribution in [0.2, 0.25) is 10.3 Å². The molecule has 0 radical (unpaired) electrons. The van der Waals surface area contributed by atoms with E-state index in [4.69, 9.17) is 28.3 Å². The fourth-order valence-electron chi connectivity index (χ4n) is 1.98. The summed E-state index contributed by atoms with van der Waals surface area (Å²) in [4.78, 5) is 20.2. The van der Waals surface area contributed by atoms with Crippen LogP contribution in [-0.2, 0) is 4.79 Å². The molecule has 1 heterocycles. The fourth-order valence-corrected chi connectivity index (χ4v) is 2.26. The summed E-state index contributed by atoms with van der Waals surface area (Å²) in [5.74, 6) is 0.235. The van der Waals surface area contributed by atoms with Crippen LogP contribution in [0.1, 0.15) is 24.4 Å². The summed E-state index contributed by atoms with van der Waals surface area (Å²) in [7, 11) is 0. The van der Waals surface area contributed by atoms with Gasteiger partial charge in [0.05, 0.1) is 6.20 Å². The average Bonchev–Trinajstić information content (AvgIpc) is 2.54. The second-order valence-corrected chi connectivity index (χ2v) is 5.36. The van der Waals surface area contributed by atoms with Crippen molar-refractivity contribution in [3.63, 3.8) is 0 Å². The molecule has 5 nitrogen and oxygen atoms in total. The molecule has 2 rings (SSSR count). The van der Waals surface area contributed by atoms with Crippen molar-refractivity contribution in [2.45, 2.75) is 18.9 Å². The van der Waals surface area contributed by atoms with E-state index in [0.717, 1.165) is 5.56 Å². The number of halogens is 2. The highest BCUT2D eigenvalue weighted by Crippen LogP contribution is 2.26. The molecule has 2 aromatic rings. The van der Waals surface area contributed by atoms with Gasteiger partial charge in [0.1, 0.15) is 11.1 Å². The van der Waals surface area contributed by atoms with E-state index in [0.29, 0.717) is 12.2 Å². The summed E-state index contributed by atoms with van der Waals surface area (Å²) in [6.45, 7) is -0.0344. The number of anilines is 1. The van der Waals surface area contributed by atoms with Crippen molar-refractivity contribution in [2.75, 3.05) is 11.9 Å². The summed E-state index contributed by atoms with van der Waals surface area (Å²) in [5.41, 5.74) is 0.788. The normalized spacial score (nSPS) is 12.0. The zero-order chi connectivity index (χ0) is 15.9. The minimum absolute atomic E-state index is 0.0344. The number of nitrogens with one attached hydrogen (secondary N) is 1. The van der Waals surface area contributed by atoms with E-state index < -0.39 is 6.04 Å². The Kier molecular flexibility index (Phi) is 6.12. The molecular formula is C15H15Cl2N3O2. The zero-order valence-electron chi connectivity index (χ0n) is 11.7. The van der Waals surface area contributed by atoms with Crippen molar-refractivity contribution < 1.29 is 9.90 Å². The fraction of sp³-hybridized carbons (Fsp3) is 0.267. The molecule has 0 unspecified atom stereocenters. The molecule has 0 saturated heterocycles. The Hall–Kier alpha value is -1.69. The summed E-state index contributed by atoms with van der Waals surface area (Å²) >= 11 is 11.8. The lowest BCUT2D eigenvalue weighted by Crippen LogP contribution is -2.22. The Morgan fingerprint density at radius 3 is 2.68 bits per heavy atom. The van der Waals surface area contributed by atoms with Crippen LogP contribution in [0.4, 0.5) is 5.82 Å². The van der Waals surface area contributed by atoms with Gasteiger partial charge in [-0.05, 0) is 23.6 Å². The number of hydrogen-bond acceptors (Lipinski definition) is 5. The zero-order valence-corrected chi connectivity index (χ0v) is 13.2. The van der Waals surface area contributed by atoms with Crippen LogP contribution in [0, 0.1) is 0 Å². The first-order valence-electron chi connectivity index (χ1n) is 6.75. The predicted octanol–water partition coefficient (Wildman–Crippen LogP) is 3.28. The lowest BCUT2D eigenvalue weighted by molar-refractivity contribution is -0.120. The van der Waals surface area contributed by atoms with E-state index >= 15 is 0 Å². The molecule has 0 spiro atoms. The molecular weight excluding hydrogens is 325 g/mol. The number of Topliss-reactive ketones (excluding diaryl/α,β-unsaturated/α-hetero) is 1. The van der Waals surface area contributed by atoms with Crippen LogP contribution >= 0.6 is 23.2 Å². The first-order chi connectivity index (χ1) is 10.6. The van der Waals surface area contributed by atoms with E-state index in [1.54, 1.807) is 0 Å². The molecule has 1 atom stereocenters. The third-order valence-corrected chi connectivity index (χ3v) is 3.49. The van der Waals surface area contributed by atoms with Crippen LogP contribution < -0.4 is 5.32 Å². The Balaban J connectivity index is 2.28. The molecule has 116 valence electrons. The van der Waals surface area contributed by atoms with Crippen molar-refractivity contribution in [1.82, 2.24) is 9.97 Å². The Labute approximate surface area is 138 Å². The lowest BCUT2D eigenvalue weighted by atomic mass is 9.99. The number of aliphatic hydroxyl groups is 1. The van der Waals surface area contributed by atoms with Crippen LogP contribution in [-0.4, -0.2) is 27.5 Å².